The Morgan fingerprint density at radius 1 is 1.33 bits per heavy atom. The Morgan fingerprint density at radius 3 is 2.58 bits per heavy atom. The zero-order chi connectivity index (χ0) is 8.72. The summed E-state index contributed by atoms with van der Waals surface area (Å²) in [7, 11) is 0. The Kier molecular flexibility index (Phi) is 1.65. The maximum Gasteiger partial charge on any atom is 0.126 e. The summed E-state index contributed by atoms with van der Waals surface area (Å²) >= 11 is 0. The van der Waals surface area contributed by atoms with Crippen LogP contribution in [0, 0.1) is 19.7 Å². The summed E-state index contributed by atoms with van der Waals surface area (Å²) in [5.41, 5.74) is 2.83. The van der Waals surface area contributed by atoms with Crippen molar-refractivity contribution >= 4 is 0 Å². The van der Waals surface area contributed by atoms with Crippen LogP contribution in [0.2, 0.25) is 0 Å². The first-order valence-corrected chi connectivity index (χ1v) is 4.06. The van der Waals surface area contributed by atoms with Crippen molar-refractivity contribution in [1.29, 1.82) is 0 Å². The lowest BCUT2D eigenvalue weighted by Gasteiger charge is -2.04. The molecule has 0 bridgehead atoms. The van der Waals surface area contributed by atoms with Gasteiger partial charge in [0, 0.05) is 0 Å². The predicted molar refractivity (Wildman–Crippen MR) is 44.6 cm³/mol. The van der Waals surface area contributed by atoms with Crippen LogP contribution in [0.25, 0.3) is 0 Å². The van der Waals surface area contributed by atoms with Crippen molar-refractivity contribution in [3.63, 3.8) is 0 Å². The van der Waals surface area contributed by atoms with Crippen LogP contribution in [0.15, 0.2) is 12.1 Å². The van der Waals surface area contributed by atoms with Gasteiger partial charge >= 0.3 is 0 Å². The molecule has 0 amide bonds. The molecule has 0 radical (unpaired) electrons. The van der Waals surface area contributed by atoms with Gasteiger partial charge in [-0.25, -0.2) is 4.39 Å². The van der Waals surface area contributed by atoms with E-state index >= 15 is 0 Å². The van der Waals surface area contributed by atoms with E-state index in [0.29, 0.717) is 5.56 Å². The van der Waals surface area contributed by atoms with Crippen LogP contribution in [0.3, 0.4) is 0 Å². The monoisotopic (exact) mass is 166 g/mol. The van der Waals surface area contributed by atoms with Crippen molar-refractivity contribution in [3.8, 4) is 0 Å². The first-order valence-electron chi connectivity index (χ1n) is 4.06. The van der Waals surface area contributed by atoms with Gasteiger partial charge in [-0.15, -0.1) is 0 Å². The first kappa shape index (κ1) is 7.74. The molecule has 1 aromatic carbocycles. The zero-order valence-corrected chi connectivity index (χ0v) is 7.23. The van der Waals surface area contributed by atoms with Crippen LogP contribution >= 0.6 is 0 Å². The predicted octanol–water partition coefficient (Wildman–Crippen LogP) is 2.51. The zero-order valence-electron chi connectivity index (χ0n) is 7.23. The number of benzene rings is 1. The van der Waals surface area contributed by atoms with Gasteiger partial charge in [0.1, 0.15) is 11.9 Å². The molecule has 2 heteroatoms. The molecule has 2 rings (SSSR count). The van der Waals surface area contributed by atoms with E-state index in [0.717, 1.165) is 17.7 Å². The van der Waals surface area contributed by atoms with Crippen molar-refractivity contribution in [1.82, 2.24) is 0 Å². The van der Waals surface area contributed by atoms with Crippen LogP contribution in [0.1, 0.15) is 22.8 Å². The molecule has 1 aliphatic rings. The molecule has 0 spiro atoms. The van der Waals surface area contributed by atoms with Gasteiger partial charge in [0.25, 0.3) is 0 Å². The highest BCUT2D eigenvalue weighted by molar-refractivity contribution is 5.34. The van der Waals surface area contributed by atoms with Crippen LogP contribution < -0.4 is 0 Å². The molecular weight excluding hydrogens is 155 g/mol. The Morgan fingerprint density at radius 2 is 2.00 bits per heavy atom. The van der Waals surface area contributed by atoms with Gasteiger partial charge in [-0.1, -0.05) is 6.07 Å². The third-order valence-electron chi connectivity index (χ3n) is 2.23. The topological polar surface area (TPSA) is 12.5 Å². The van der Waals surface area contributed by atoms with Crippen LogP contribution in [0.4, 0.5) is 4.39 Å². The smallest absolute Gasteiger partial charge is 0.126 e. The maximum atomic E-state index is 13.1. The fourth-order valence-corrected chi connectivity index (χ4v) is 1.42. The van der Waals surface area contributed by atoms with E-state index in [1.165, 1.54) is 0 Å². The van der Waals surface area contributed by atoms with Gasteiger partial charge in [-0.3, -0.25) is 0 Å². The largest absolute Gasteiger partial charge is 0.368 e. The Bertz CT molecular complexity index is 316. The highest BCUT2D eigenvalue weighted by atomic mass is 19.1. The highest BCUT2D eigenvalue weighted by Gasteiger charge is 2.26. The number of rotatable bonds is 1. The SMILES string of the molecule is Cc1cc(C)c(C2CO2)cc1F. The second-order valence-corrected chi connectivity index (χ2v) is 3.28. The summed E-state index contributed by atoms with van der Waals surface area (Å²) in [6.07, 6.45) is 0.153. The lowest BCUT2D eigenvalue weighted by Crippen LogP contribution is -1.91. The lowest BCUT2D eigenvalue weighted by molar-refractivity contribution is 0.414. The molecule has 1 unspecified atom stereocenters. The quantitative estimate of drug-likeness (QED) is 0.584. The van der Waals surface area contributed by atoms with Gasteiger partial charge in [0.05, 0.1) is 6.61 Å². The minimum Gasteiger partial charge on any atom is -0.368 e. The Hall–Kier alpha value is -0.890. The summed E-state index contributed by atoms with van der Waals surface area (Å²) in [5, 5.41) is 0. The van der Waals surface area contributed by atoms with Crippen molar-refractivity contribution in [2.45, 2.75) is 20.0 Å². The third kappa shape index (κ3) is 1.23. The number of aryl methyl sites for hydroxylation is 2. The Labute approximate surface area is 71.2 Å². The van der Waals surface area contributed by atoms with Crippen LogP contribution in [-0.2, 0) is 4.74 Å². The summed E-state index contributed by atoms with van der Waals surface area (Å²) in [5.74, 6) is -0.133. The molecule has 0 saturated carbocycles. The van der Waals surface area contributed by atoms with Gasteiger partial charge < -0.3 is 4.74 Å². The molecule has 0 aromatic heterocycles. The molecule has 1 aliphatic heterocycles. The summed E-state index contributed by atoms with van der Waals surface area (Å²) in [6.45, 7) is 4.51. The molecule has 1 nitrogen and oxygen atoms in total. The van der Waals surface area contributed by atoms with Crippen molar-refractivity contribution in [2.75, 3.05) is 6.61 Å². The van der Waals surface area contributed by atoms with Gasteiger partial charge in [0.2, 0.25) is 0 Å². The van der Waals surface area contributed by atoms with E-state index in [9.17, 15) is 4.39 Å². The number of ether oxygens (including phenoxy) is 1. The molecule has 1 heterocycles. The normalized spacial score (nSPS) is 21.1. The summed E-state index contributed by atoms with van der Waals surface area (Å²) in [4.78, 5) is 0. The minimum atomic E-state index is -0.133. The van der Waals surface area contributed by atoms with Gasteiger partial charge in [-0.05, 0) is 36.6 Å². The first-order chi connectivity index (χ1) is 5.68. The fourth-order valence-electron chi connectivity index (χ4n) is 1.42. The molecule has 0 aliphatic carbocycles. The van der Waals surface area contributed by atoms with Crippen molar-refractivity contribution in [2.24, 2.45) is 0 Å². The second kappa shape index (κ2) is 2.56. The van der Waals surface area contributed by atoms with E-state index in [1.807, 2.05) is 13.0 Å². The van der Waals surface area contributed by atoms with Gasteiger partial charge in [0.15, 0.2) is 0 Å². The highest BCUT2D eigenvalue weighted by Crippen LogP contribution is 2.33. The van der Waals surface area contributed by atoms with Gasteiger partial charge in [-0.2, -0.15) is 0 Å². The maximum absolute atomic E-state index is 13.1. The second-order valence-electron chi connectivity index (χ2n) is 3.28. The van der Waals surface area contributed by atoms with E-state index < -0.39 is 0 Å². The molecule has 1 atom stereocenters. The number of hydrogen-bond acceptors (Lipinski definition) is 1. The lowest BCUT2D eigenvalue weighted by atomic mass is 10.0. The van der Waals surface area contributed by atoms with Crippen LogP contribution in [-0.4, -0.2) is 6.61 Å². The number of halogens is 1. The number of epoxide rings is 1. The number of hydrogen-bond donors (Lipinski definition) is 0. The van der Waals surface area contributed by atoms with E-state index in [4.69, 9.17) is 4.74 Å². The van der Waals surface area contributed by atoms with Crippen molar-refractivity contribution in [3.05, 3.63) is 34.6 Å². The van der Waals surface area contributed by atoms with Crippen molar-refractivity contribution < 1.29 is 9.13 Å². The average Bonchev–Trinajstić information content (AvgIpc) is 2.79. The van der Waals surface area contributed by atoms with E-state index in [-0.39, 0.29) is 11.9 Å². The summed E-state index contributed by atoms with van der Waals surface area (Å²) < 4.78 is 18.2. The third-order valence-corrected chi connectivity index (χ3v) is 2.23. The molecule has 64 valence electrons. The molecule has 1 saturated heterocycles. The minimum absolute atomic E-state index is 0.133. The molecule has 12 heavy (non-hydrogen) atoms. The Balaban J connectivity index is 2.47. The van der Waals surface area contributed by atoms with Crippen LogP contribution in [0.5, 0.6) is 0 Å². The molecule has 1 fully saturated rings. The fraction of sp³-hybridized carbons (Fsp3) is 0.400. The standard InChI is InChI=1S/C10H11FO/c1-6-3-7(2)9(11)4-8(6)10-5-12-10/h3-4,10H,5H2,1-2H3. The molecule has 0 N–H and O–H groups in total. The molecular formula is C10H11FO. The average molecular weight is 166 g/mol. The van der Waals surface area contributed by atoms with E-state index in [1.54, 1.807) is 13.0 Å². The molecule has 1 aromatic rings. The van der Waals surface area contributed by atoms with E-state index in [2.05, 4.69) is 0 Å². The summed E-state index contributed by atoms with van der Waals surface area (Å²) in [6, 6.07) is 3.45.